The number of amides is 2. The van der Waals surface area contributed by atoms with E-state index in [0.717, 1.165) is 37.2 Å². The van der Waals surface area contributed by atoms with E-state index < -0.39 is 0 Å². The highest BCUT2D eigenvalue weighted by molar-refractivity contribution is 5.78. The lowest BCUT2D eigenvalue weighted by atomic mass is 9.93. The van der Waals surface area contributed by atoms with Crippen LogP contribution in [0.4, 0.5) is 0 Å². The van der Waals surface area contributed by atoms with Gasteiger partial charge in [0, 0.05) is 56.1 Å². The summed E-state index contributed by atoms with van der Waals surface area (Å²) in [6.07, 6.45) is 3.81. The minimum atomic E-state index is -0.127. The first kappa shape index (κ1) is 20.6. The molecule has 2 amide bonds. The maximum atomic E-state index is 13.1. The number of nitrogens with one attached hydrogen (secondary N) is 1. The number of H-pyrrole nitrogens is 1. The van der Waals surface area contributed by atoms with Gasteiger partial charge in [-0.05, 0) is 19.3 Å². The summed E-state index contributed by atoms with van der Waals surface area (Å²) in [5, 5.41) is 3.24. The highest BCUT2D eigenvalue weighted by Gasteiger charge is 2.29. The smallest absolute Gasteiger partial charge is 0.277 e. The van der Waals surface area contributed by atoms with Gasteiger partial charge in [0.15, 0.2) is 5.65 Å². The summed E-state index contributed by atoms with van der Waals surface area (Å²) in [5.74, 6) is 0.481. The molecule has 1 saturated heterocycles. The van der Waals surface area contributed by atoms with E-state index in [4.69, 9.17) is 4.98 Å². The lowest BCUT2D eigenvalue weighted by Gasteiger charge is -2.33. The topological polar surface area (TPSA) is 90.8 Å². The summed E-state index contributed by atoms with van der Waals surface area (Å²) in [5.41, 5.74) is 2.84. The third-order valence-electron chi connectivity index (χ3n) is 6.64. The highest BCUT2D eigenvalue weighted by Crippen LogP contribution is 2.28. The molecule has 4 rings (SSSR count). The molecule has 2 aromatic rings. The number of aromatic nitrogens is 3. The molecule has 162 valence electrons. The summed E-state index contributed by atoms with van der Waals surface area (Å²) in [7, 11) is 0. The number of hydrogen-bond acceptors (Lipinski definition) is 4. The second-order valence-electron chi connectivity index (χ2n) is 8.60. The van der Waals surface area contributed by atoms with Crippen molar-refractivity contribution in [2.24, 2.45) is 5.92 Å². The number of fused-ring (bicyclic) bond motifs is 2. The molecule has 2 aromatic heterocycles. The van der Waals surface area contributed by atoms with Crippen molar-refractivity contribution in [2.45, 2.75) is 65.3 Å². The average Bonchev–Trinajstić information content (AvgIpc) is 3.22. The molecule has 0 spiro atoms. The van der Waals surface area contributed by atoms with E-state index in [0.29, 0.717) is 43.7 Å². The predicted molar refractivity (Wildman–Crippen MR) is 113 cm³/mol. The van der Waals surface area contributed by atoms with Crippen molar-refractivity contribution in [3.05, 3.63) is 33.4 Å². The van der Waals surface area contributed by atoms with E-state index in [1.165, 1.54) is 4.52 Å². The van der Waals surface area contributed by atoms with Crippen molar-refractivity contribution in [1.82, 2.24) is 24.4 Å². The van der Waals surface area contributed by atoms with Crippen LogP contribution in [0.3, 0.4) is 0 Å². The van der Waals surface area contributed by atoms with E-state index in [1.54, 1.807) is 4.90 Å². The number of aromatic amines is 1. The molecule has 2 aliphatic rings. The molecule has 2 atom stereocenters. The molecule has 0 bridgehead atoms. The van der Waals surface area contributed by atoms with Crippen molar-refractivity contribution in [3.8, 4) is 0 Å². The molecule has 0 saturated carbocycles. The third-order valence-corrected chi connectivity index (χ3v) is 6.64. The molecular formula is C22H31N5O3. The van der Waals surface area contributed by atoms with Gasteiger partial charge in [-0.1, -0.05) is 20.8 Å². The Morgan fingerprint density at radius 2 is 2.07 bits per heavy atom. The number of piperidine rings is 1. The van der Waals surface area contributed by atoms with E-state index in [1.807, 2.05) is 31.7 Å². The van der Waals surface area contributed by atoms with Crippen LogP contribution in [-0.4, -0.2) is 55.8 Å². The molecule has 0 aliphatic carbocycles. The minimum Gasteiger partial charge on any atom is -0.342 e. The number of carbonyl (C=O) groups excluding carboxylic acids is 2. The van der Waals surface area contributed by atoms with Crippen LogP contribution in [0.15, 0.2) is 10.9 Å². The van der Waals surface area contributed by atoms with Gasteiger partial charge in [-0.2, -0.15) is 0 Å². The summed E-state index contributed by atoms with van der Waals surface area (Å²) < 4.78 is 1.50. The molecule has 2 aliphatic heterocycles. The molecule has 1 N–H and O–H groups in total. The van der Waals surface area contributed by atoms with Crippen LogP contribution in [0.5, 0.6) is 0 Å². The van der Waals surface area contributed by atoms with Crippen molar-refractivity contribution >= 4 is 17.5 Å². The standard InChI is InChI=1S/C22H31N5O3/c1-4-14(3)21(29)26-9-6-7-15(12-26)18-11-19-23-17-8-10-25(20(28)5-2)13-16(17)22(30)27(19)24-18/h11,14-15,24H,4-10,12-13H2,1-3H3/t14-,15-/m1/s1. The Morgan fingerprint density at radius 3 is 2.80 bits per heavy atom. The summed E-state index contributed by atoms with van der Waals surface area (Å²) in [6, 6.07) is 1.95. The normalized spacial score (nSPS) is 20.3. The van der Waals surface area contributed by atoms with Crippen LogP contribution < -0.4 is 5.56 Å². The molecular weight excluding hydrogens is 382 g/mol. The van der Waals surface area contributed by atoms with Crippen LogP contribution in [-0.2, 0) is 22.6 Å². The maximum absolute atomic E-state index is 13.1. The van der Waals surface area contributed by atoms with E-state index in [2.05, 4.69) is 5.10 Å². The Bertz CT molecular complexity index is 1020. The Hall–Kier alpha value is -2.64. The summed E-state index contributed by atoms with van der Waals surface area (Å²) in [4.78, 5) is 46.2. The Kier molecular flexibility index (Phi) is 5.66. The second kappa shape index (κ2) is 8.24. The number of hydrogen-bond donors (Lipinski definition) is 1. The minimum absolute atomic E-state index is 0.0382. The molecule has 0 radical (unpaired) electrons. The zero-order valence-electron chi connectivity index (χ0n) is 18.1. The van der Waals surface area contributed by atoms with E-state index >= 15 is 0 Å². The fourth-order valence-corrected chi connectivity index (χ4v) is 4.56. The molecule has 30 heavy (non-hydrogen) atoms. The molecule has 0 aromatic carbocycles. The SMILES string of the molecule is CCC(=O)N1CCc2nc3cc([C@@H]4CCCN(C(=O)[C@H](C)CC)C4)[nH]n3c(=O)c2C1. The van der Waals surface area contributed by atoms with Crippen LogP contribution in [0.1, 0.15) is 69.3 Å². The number of nitrogens with zero attached hydrogens (tertiary/aromatic N) is 4. The maximum Gasteiger partial charge on any atom is 0.277 e. The van der Waals surface area contributed by atoms with Gasteiger partial charge in [0.25, 0.3) is 5.56 Å². The predicted octanol–water partition coefficient (Wildman–Crippen LogP) is 2.07. The van der Waals surface area contributed by atoms with Gasteiger partial charge >= 0.3 is 0 Å². The molecule has 8 heteroatoms. The molecule has 1 fully saturated rings. The van der Waals surface area contributed by atoms with Gasteiger partial charge < -0.3 is 9.80 Å². The third kappa shape index (κ3) is 3.63. The summed E-state index contributed by atoms with van der Waals surface area (Å²) in [6.45, 7) is 8.26. The first-order chi connectivity index (χ1) is 14.4. The average molecular weight is 414 g/mol. The van der Waals surface area contributed by atoms with Gasteiger partial charge in [-0.3, -0.25) is 19.5 Å². The number of rotatable bonds is 4. The van der Waals surface area contributed by atoms with Crippen molar-refractivity contribution in [1.29, 1.82) is 0 Å². The van der Waals surface area contributed by atoms with Gasteiger partial charge in [-0.25, -0.2) is 9.50 Å². The van der Waals surface area contributed by atoms with Gasteiger partial charge in [-0.15, -0.1) is 0 Å². The number of likely N-dealkylation sites (tertiary alicyclic amines) is 1. The van der Waals surface area contributed by atoms with Crippen LogP contribution in [0.25, 0.3) is 5.65 Å². The van der Waals surface area contributed by atoms with Crippen LogP contribution >= 0.6 is 0 Å². The van der Waals surface area contributed by atoms with Crippen LogP contribution in [0, 0.1) is 5.92 Å². The quantitative estimate of drug-likeness (QED) is 0.831. The van der Waals surface area contributed by atoms with Crippen LogP contribution in [0.2, 0.25) is 0 Å². The van der Waals surface area contributed by atoms with Crippen molar-refractivity contribution in [3.63, 3.8) is 0 Å². The van der Waals surface area contributed by atoms with Crippen molar-refractivity contribution in [2.75, 3.05) is 19.6 Å². The highest BCUT2D eigenvalue weighted by atomic mass is 16.2. The van der Waals surface area contributed by atoms with Gasteiger partial charge in [0.05, 0.1) is 17.8 Å². The zero-order valence-corrected chi connectivity index (χ0v) is 18.1. The van der Waals surface area contributed by atoms with Crippen molar-refractivity contribution < 1.29 is 9.59 Å². The fourth-order valence-electron chi connectivity index (χ4n) is 4.56. The Balaban J connectivity index is 1.61. The first-order valence-corrected chi connectivity index (χ1v) is 11.1. The monoisotopic (exact) mass is 413 g/mol. The molecule has 4 heterocycles. The first-order valence-electron chi connectivity index (χ1n) is 11.1. The Morgan fingerprint density at radius 1 is 1.27 bits per heavy atom. The van der Waals surface area contributed by atoms with Gasteiger partial charge in [0.2, 0.25) is 11.8 Å². The largest absolute Gasteiger partial charge is 0.342 e. The van der Waals surface area contributed by atoms with E-state index in [-0.39, 0.29) is 29.2 Å². The lowest BCUT2D eigenvalue weighted by Crippen LogP contribution is -2.41. The molecule has 8 nitrogen and oxygen atoms in total. The summed E-state index contributed by atoms with van der Waals surface area (Å²) >= 11 is 0. The number of carbonyl (C=O) groups is 2. The second-order valence-corrected chi connectivity index (χ2v) is 8.60. The Labute approximate surface area is 176 Å². The molecule has 0 unspecified atom stereocenters. The lowest BCUT2D eigenvalue weighted by molar-refractivity contribution is -0.136. The zero-order chi connectivity index (χ0) is 21.4. The fraction of sp³-hybridized carbons (Fsp3) is 0.636. The van der Waals surface area contributed by atoms with E-state index in [9.17, 15) is 14.4 Å². The van der Waals surface area contributed by atoms with Gasteiger partial charge in [0.1, 0.15) is 0 Å².